The van der Waals surface area contributed by atoms with Gasteiger partial charge in [0.1, 0.15) is 5.69 Å². The zero-order valence-electron chi connectivity index (χ0n) is 13.2. The molecule has 3 aromatic rings. The number of anilines is 1. The second-order valence-corrected chi connectivity index (χ2v) is 5.63. The number of para-hydroxylation sites is 1. The Labute approximate surface area is 141 Å². The van der Waals surface area contributed by atoms with Gasteiger partial charge in [0, 0.05) is 22.8 Å². The summed E-state index contributed by atoms with van der Waals surface area (Å²) in [5.74, 6) is -1.34. The summed E-state index contributed by atoms with van der Waals surface area (Å²) in [6.45, 7) is 0. The third-order valence-electron chi connectivity index (χ3n) is 3.95. The average Bonchev–Trinajstić information content (AvgIpc) is 3.03. The number of carboxylic acid groups (broad SMARTS) is 1. The molecule has 0 saturated carbocycles. The van der Waals surface area contributed by atoms with Gasteiger partial charge >= 0.3 is 11.7 Å². The van der Waals surface area contributed by atoms with Crippen LogP contribution in [0.5, 0.6) is 0 Å². The number of aryl methyl sites for hydroxylation is 1. The van der Waals surface area contributed by atoms with Crippen molar-refractivity contribution in [2.24, 2.45) is 0 Å². The Morgan fingerprint density at radius 1 is 1.16 bits per heavy atom. The Bertz CT molecular complexity index is 1040. The lowest BCUT2D eigenvalue weighted by atomic mass is 10.1. The molecule has 0 saturated heterocycles. The molecule has 0 radical (unpaired) electrons. The molecule has 25 heavy (non-hydrogen) atoms. The normalized spacial score (nSPS) is 12.3. The van der Waals surface area contributed by atoms with Gasteiger partial charge in [0.2, 0.25) is 0 Å². The van der Waals surface area contributed by atoms with E-state index >= 15 is 0 Å². The summed E-state index contributed by atoms with van der Waals surface area (Å²) in [6.07, 6.45) is 3.38. The van der Waals surface area contributed by atoms with E-state index in [1.54, 1.807) is 0 Å². The monoisotopic (exact) mass is 340 g/mol. The number of benzene rings is 1. The topological polar surface area (TPSA) is 142 Å². The summed E-state index contributed by atoms with van der Waals surface area (Å²) >= 11 is 0. The van der Waals surface area contributed by atoms with Crippen LogP contribution in [0.25, 0.3) is 10.9 Å². The number of aromatic carboxylic acids is 1. The number of aromatic amines is 2. The molecular formula is C17H16N4O4. The summed E-state index contributed by atoms with van der Waals surface area (Å²) in [7, 11) is 0. The number of pyridine rings is 1. The highest BCUT2D eigenvalue weighted by Crippen LogP contribution is 2.31. The molecule has 0 spiro atoms. The molecular weight excluding hydrogens is 324 g/mol. The van der Waals surface area contributed by atoms with E-state index in [2.05, 4.69) is 11.1 Å². The van der Waals surface area contributed by atoms with Crippen LogP contribution in [0.4, 0.5) is 5.69 Å². The minimum Gasteiger partial charge on any atom is -0.477 e. The lowest BCUT2D eigenvalue weighted by molar-refractivity contribution is 0.0689. The molecule has 1 aliphatic rings. The van der Waals surface area contributed by atoms with Gasteiger partial charge in [-0.2, -0.15) is 0 Å². The van der Waals surface area contributed by atoms with Gasteiger partial charge in [0.25, 0.3) is 5.56 Å². The number of carboxylic acids is 1. The maximum atomic E-state index is 10.5. The second kappa shape index (κ2) is 6.60. The highest BCUT2D eigenvalue weighted by atomic mass is 16.4. The van der Waals surface area contributed by atoms with E-state index in [4.69, 9.17) is 10.8 Å². The fourth-order valence-corrected chi connectivity index (χ4v) is 2.83. The number of nitrogens with one attached hydrogen (secondary N) is 2. The molecule has 8 nitrogen and oxygen atoms in total. The SMILES string of the molecule is Nc1c2c(nc3ccccc13)CCC2.O=C(O)c1cc(=O)[nH]c(=O)[nH]1. The Hall–Kier alpha value is -3.42. The first-order valence-electron chi connectivity index (χ1n) is 7.68. The Kier molecular flexibility index (Phi) is 4.34. The number of hydrogen-bond donors (Lipinski definition) is 4. The van der Waals surface area contributed by atoms with Crippen LogP contribution in [-0.4, -0.2) is 26.0 Å². The van der Waals surface area contributed by atoms with Crippen LogP contribution in [0.2, 0.25) is 0 Å². The molecule has 0 amide bonds. The summed E-state index contributed by atoms with van der Waals surface area (Å²) in [4.78, 5) is 39.5. The van der Waals surface area contributed by atoms with Gasteiger partial charge in [0.15, 0.2) is 0 Å². The predicted molar refractivity (Wildman–Crippen MR) is 92.8 cm³/mol. The van der Waals surface area contributed by atoms with Crippen molar-refractivity contribution in [3.8, 4) is 0 Å². The number of aromatic nitrogens is 3. The molecule has 2 heterocycles. The van der Waals surface area contributed by atoms with Crippen molar-refractivity contribution in [1.82, 2.24) is 15.0 Å². The molecule has 0 aliphatic heterocycles. The van der Waals surface area contributed by atoms with Gasteiger partial charge in [-0.05, 0) is 30.9 Å². The summed E-state index contributed by atoms with van der Waals surface area (Å²) in [5.41, 5.74) is 8.63. The number of H-pyrrole nitrogens is 2. The molecule has 0 unspecified atom stereocenters. The third-order valence-corrected chi connectivity index (χ3v) is 3.95. The van der Waals surface area contributed by atoms with E-state index in [-0.39, 0.29) is 0 Å². The maximum Gasteiger partial charge on any atom is 0.352 e. The van der Waals surface area contributed by atoms with Gasteiger partial charge in [-0.3, -0.25) is 14.8 Å². The Balaban J connectivity index is 0.000000151. The molecule has 8 heteroatoms. The van der Waals surface area contributed by atoms with Crippen LogP contribution in [0.15, 0.2) is 39.9 Å². The number of nitrogen functional groups attached to an aromatic ring is 1. The molecule has 1 aromatic carbocycles. The van der Waals surface area contributed by atoms with E-state index in [0.29, 0.717) is 0 Å². The lowest BCUT2D eigenvalue weighted by Crippen LogP contribution is -2.24. The van der Waals surface area contributed by atoms with Gasteiger partial charge in [-0.15, -0.1) is 0 Å². The molecule has 0 atom stereocenters. The van der Waals surface area contributed by atoms with Gasteiger partial charge in [0.05, 0.1) is 5.52 Å². The van der Waals surface area contributed by atoms with Gasteiger partial charge in [-0.25, -0.2) is 9.59 Å². The Morgan fingerprint density at radius 3 is 2.64 bits per heavy atom. The van der Waals surface area contributed by atoms with Crippen LogP contribution in [0, 0.1) is 0 Å². The van der Waals surface area contributed by atoms with Crippen molar-refractivity contribution < 1.29 is 9.90 Å². The largest absolute Gasteiger partial charge is 0.477 e. The number of carbonyl (C=O) groups is 1. The zero-order chi connectivity index (χ0) is 18.0. The molecule has 5 N–H and O–H groups in total. The second-order valence-electron chi connectivity index (χ2n) is 5.63. The van der Waals surface area contributed by atoms with Gasteiger partial charge < -0.3 is 15.8 Å². The van der Waals surface area contributed by atoms with E-state index in [0.717, 1.165) is 35.5 Å². The summed E-state index contributed by atoms with van der Waals surface area (Å²) in [6, 6.07) is 8.90. The minimum absolute atomic E-state index is 0.418. The van der Waals surface area contributed by atoms with E-state index < -0.39 is 22.9 Å². The molecule has 4 rings (SSSR count). The molecule has 2 aromatic heterocycles. The first-order valence-corrected chi connectivity index (χ1v) is 7.68. The van der Waals surface area contributed by atoms with E-state index in [1.165, 1.54) is 17.7 Å². The molecule has 0 bridgehead atoms. The number of fused-ring (bicyclic) bond motifs is 2. The predicted octanol–water partition coefficient (Wildman–Crippen LogP) is 1.07. The molecule has 1 aliphatic carbocycles. The van der Waals surface area contributed by atoms with Crippen molar-refractivity contribution in [3.63, 3.8) is 0 Å². The fraction of sp³-hybridized carbons (Fsp3) is 0.176. The van der Waals surface area contributed by atoms with E-state index in [1.807, 2.05) is 28.2 Å². The van der Waals surface area contributed by atoms with Crippen LogP contribution in [0.1, 0.15) is 28.2 Å². The summed E-state index contributed by atoms with van der Waals surface area (Å²) in [5, 5.41) is 9.42. The van der Waals surface area contributed by atoms with Crippen LogP contribution < -0.4 is 17.0 Å². The van der Waals surface area contributed by atoms with E-state index in [9.17, 15) is 14.4 Å². The van der Waals surface area contributed by atoms with Crippen LogP contribution >= 0.6 is 0 Å². The standard InChI is InChI=1S/C12H12N2.C5H4N2O4/c13-12-8-4-1-2-6-10(8)14-11-7-3-5-9(11)12;8-3-1-2(4(9)10)6-5(11)7-3/h1-2,4,6H,3,5,7H2,(H2,13,14);1H,(H,9,10)(H2,6,7,8,11). The van der Waals surface area contributed by atoms with Crippen molar-refractivity contribution >= 4 is 22.6 Å². The highest BCUT2D eigenvalue weighted by molar-refractivity contribution is 5.92. The number of nitrogens with zero attached hydrogens (tertiary/aromatic N) is 1. The quantitative estimate of drug-likeness (QED) is 0.522. The minimum atomic E-state index is -1.34. The Morgan fingerprint density at radius 2 is 1.92 bits per heavy atom. The highest BCUT2D eigenvalue weighted by Gasteiger charge is 2.17. The third kappa shape index (κ3) is 3.42. The number of hydrogen-bond acceptors (Lipinski definition) is 5. The first kappa shape index (κ1) is 16.4. The molecule has 0 fully saturated rings. The summed E-state index contributed by atoms with van der Waals surface area (Å²) < 4.78 is 0. The first-order chi connectivity index (χ1) is 12.0. The average molecular weight is 340 g/mol. The van der Waals surface area contributed by atoms with Crippen molar-refractivity contribution in [3.05, 3.63) is 68.1 Å². The maximum absolute atomic E-state index is 10.5. The van der Waals surface area contributed by atoms with Crippen LogP contribution in [0.3, 0.4) is 0 Å². The van der Waals surface area contributed by atoms with Crippen molar-refractivity contribution in [2.45, 2.75) is 19.3 Å². The van der Waals surface area contributed by atoms with Crippen molar-refractivity contribution in [1.29, 1.82) is 0 Å². The fourth-order valence-electron chi connectivity index (χ4n) is 2.83. The van der Waals surface area contributed by atoms with Crippen molar-refractivity contribution in [2.75, 3.05) is 5.73 Å². The zero-order valence-corrected chi connectivity index (χ0v) is 13.2. The lowest BCUT2D eigenvalue weighted by Gasteiger charge is -2.07. The molecule has 128 valence electrons. The number of nitrogens with two attached hydrogens (primary N) is 1. The van der Waals surface area contributed by atoms with Gasteiger partial charge in [-0.1, -0.05) is 18.2 Å². The number of rotatable bonds is 1. The van der Waals surface area contributed by atoms with Crippen LogP contribution in [-0.2, 0) is 12.8 Å². The smallest absolute Gasteiger partial charge is 0.352 e.